The third-order valence-corrected chi connectivity index (χ3v) is 2.80. The molecule has 1 amide bonds. The molecular formula is C12H10ClN3O3. The zero-order valence-corrected chi connectivity index (χ0v) is 10.7. The number of benzene rings is 1. The summed E-state index contributed by atoms with van der Waals surface area (Å²) in [6.07, 6.45) is -1.32. The molecule has 0 radical (unpaired) electrons. The fraction of sp³-hybridized carbons (Fsp3) is 0.0833. The van der Waals surface area contributed by atoms with Crippen molar-refractivity contribution in [1.29, 1.82) is 0 Å². The van der Waals surface area contributed by atoms with Gasteiger partial charge in [0.25, 0.3) is 5.56 Å². The number of rotatable bonds is 2. The van der Waals surface area contributed by atoms with Crippen molar-refractivity contribution in [2.45, 2.75) is 6.92 Å². The Morgan fingerprint density at radius 1 is 1.37 bits per heavy atom. The quantitative estimate of drug-likeness (QED) is 0.884. The summed E-state index contributed by atoms with van der Waals surface area (Å²) in [5, 5.41) is 9.31. The van der Waals surface area contributed by atoms with E-state index in [-0.39, 0.29) is 11.0 Å². The van der Waals surface area contributed by atoms with Gasteiger partial charge in [-0.15, -0.1) is 0 Å². The molecule has 2 N–H and O–H groups in total. The van der Waals surface area contributed by atoms with Crippen LogP contribution in [0.25, 0.3) is 0 Å². The molecule has 1 aromatic heterocycles. The lowest BCUT2D eigenvalue weighted by atomic mass is 10.3. The second kappa shape index (κ2) is 5.11. The predicted molar refractivity (Wildman–Crippen MR) is 71.2 cm³/mol. The van der Waals surface area contributed by atoms with Gasteiger partial charge >= 0.3 is 6.09 Å². The van der Waals surface area contributed by atoms with Gasteiger partial charge in [-0.3, -0.25) is 4.79 Å². The molecule has 2 aromatic rings. The standard InChI is InChI=1S/C12H10ClN3O3/c1-7-9(13)15-10(11(17)14-7)16(12(18)19)8-5-3-2-4-6-8/h2-6H,1H3,(H,14,17)(H,18,19). The molecule has 0 unspecified atom stereocenters. The third-order valence-electron chi connectivity index (χ3n) is 2.44. The van der Waals surface area contributed by atoms with Crippen LogP contribution < -0.4 is 10.5 Å². The normalized spacial score (nSPS) is 10.2. The maximum Gasteiger partial charge on any atom is 0.417 e. The van der Waals surface area contributed by atoms with Crippen molar-refractivity contribution in [3.05, 3.63) is 51.5 Å². The summed E-state index contributed by atoms with van der Waals surface area (Å²) in [6, 6.07) is 8.18. The average molecular weight is 280 g/mol. The number of anilines is 2. The van der Waals surface area contributed by atoms with Crippen LogP contribution >= 0.6 is 11.6 Å². The zero-order chi connectivity index (χ0) is 14.0. The number of nitrogens with one attached hydrogen (secondary N) is 1. The summed E-state index contributed by atoms with van der Waals surface area (Å²) < 4.78 is 0. The first-order valence-corrected chi connectivity index (χ1v) is 5.73. The minimum Gasteiger partial charge on any atom is -0.464 e. The van der Waals surface area contributed by atoms with Gasteiger partial charge in [0.15, 0.2) is 5.15 Å². The Bertz CT molecular complexity index is 670. The highest BCUT2D eigenvalue weighted by Crippen LogP contribution is 2.22. The minimum atomic E-state index is -1.32. The summed E-state index contributed by atoms with van der Waals surface area (Å²) in [4.78, 5) is 30.2. The second-order valence-corrected chi connectivity index (χ2v) is 4.12. The van der Waals surface area contributed by atoms with Crippen LogP contribution in [0.3, 0.4) is 0 Å². The van der Waals surface area contributed by atoms with Gasteiger partial charge in [0, 0.05) is 0 Å². The fourth-order valence-corrected chi connectivity index (χ4v) is 1.68. The number of aromatic nitrogens is 2. The van der Waals surface area contributed by atoms with Gasteiger partial charge in [-0.05, 0) is 19.1 Å². The number of halogens is 1. The molecule has 1 aromatic carbocycles. The molecule has 0 saturated heterocycles. The lowest BCUT2D eigenvalue weighted by Gasteiger charge is -2.17. The van der Waals surface area contributed by atoms with Crippen molar-refractivity contribution in [3.8, 4) is 0 Å². The van der Waals surface area contributed by atoms with Crippen molar-refractivity contribution < 1.29 is 9.90 Å². The zero-order valence-electron chi connectivity index (χ0n) is 9.92. The SMILES string of the molecule is Cc1[nH]c(=O)c(N(C(=O)O)c2ccccc2)nc1Cl. The molecule has 1 heterocycles. The lowest BCUT2D eigenvalue weighted by Crippen LogP contribution is -2.31. The number of amides is 1. The molecule has 0 aliphatic heterocycles. The number of para-hydroxylation sites is 1. The van der Waals surface area contributed by atoms with E-state index in [4.69, 9.17) is 11.6 Å². The van der Waals surface area contributed by atoms with E-state index in [0.29, 0.717) is 11.4 Å². The van der Waals surface area contributed by atoms with Crippen LogP contribution in [-0.2, 0) is 0 Å². The topological polar surface area (TPSA) is 86.3 Å². The van der Waals surface area contributed by atoms with Crippen molar-refractivity contribution >= 4 is 29.2 Å². The predicted octanol–water partition coefficient (Wildman–Crippen LogP) is 2.55. The van der Waals surface area contributed by atoms with Crippen molar-refractivity contribution in [3.63, 3.8) is 0 Å². The van der Waals surface area contributed by atoms with E-state index in [1.165, 1.54) is 0 Å². The summed E-state index contributed by atoms with van der Waals surface area (Å²) in [7, 11) is 0. The maximum absolute atomic E-state index is 11.8. The van der Waals surface area contributed by atoms with Gasteiger partial charge in [-0.25, -0.2) is 14.7 Å². The number of aromatic amines is 1. The van der Waals surface area contributed by atoms with Gasteiger partial charge in [0.05, 0.1) is 11.4 Å². The van der Waals surface area contributed by atoms with Gasteiger partial charge in [-0.2, -0.15) is 0 Å². The van der Waals surface area contributed by atoms with Crippen LogP contribution in [0.4, 0.5) is 16.3 Å². The highest BCUT2D eigenvalue weighted by molar-refractivity contribution is 6.30. The number of hydrogen-bond donors (Lipinski definition) is 2. The summed E-state index contributed by atoms with van der Waals surface area (Å²) >= 11 is 5.82. The van der Waals surface area contributed by atoms with Crippen molar-refractivity contribution in [1.82, 2.24) is 9.97 Å². The first-order chi connectivity index (χ1) is 9.00. The second-order valence-electron chi connectivity index (χ2n) is 3.76. The van der Waals surface area contributed by atoms with Crippen molar-refractivity contribution in [2.75, 3.05) is 4.90 Å². The molecule has 98 valence electrons. The Hall–Kier alpha value is -2.34. The lowest BCUT2D eigenvalue weighted by molar-refractivity contribution is 0.204. The molecule has 2 rings (SSSR count). The summed E-state index contributed by atoms with van der Waals surface area (Å²) in [5.74, 6) is -0.283. The molecular weight excluding hydrogens is 270 g/mol. The van der Waals surface area contributed by atoms with Crippen LogP contribution in [0.5, 0.6) is 0 Å². The molecule has 6 nitrogen and oxygen atoms in total. The number of carboxylic acid groups (broad SMARTS) is 1. The molecule has 7 heteroatoms. The third kappa shape index (κ3) is 2.58. The van der Waals surface area contributed by atoms with Crippen LogP contribution in [0.15, 0.2) is 35.1 Å². The Morgan fingerprint density at radius 2 is 2.00 bits per heavy atom. The fourth-order valence-electron chi connectivity index (χ4n) is 1.56. The first-order valence-electron chi connectivity index (χ1n) is 5.35. The molecule has 0 aliphatic rings. The Labute approximate surface area is 113 Å². The Morgan fingerprint density at radius 3 is 2.58 bits per heavy atom. The molecule has 0 aliphatic carbocycles. The highest BCUT2D eigenvalue weighted by atomic mass is 35.5. The minimum absolute atomic E-state index is 0.0526. The summed E-state index contributed by atoms with van der Waals surface area (Å²) in [6.45, 7) is 1.58. The summed E-state index contributed by atoms with van der Waals surface area (Å²) in [5.41, 5.74) is 0.0786. The van der Waals surface area contributed by atoms with E-state index in [1.54, 1.807) is 37.3 Å². The Kier molecular flexibility index (Phi) is 3.52. The average Bonchev–Trinajstić information content (AvgIpc) is 2.37. The Balaban J connectivity index is 2.62. The van der Waals surface area contributed by atoms with E-state index in [9.17, 15) is 14.7 Å². The molecule has 0 atom stereocenters. The molecule has 0 fully saturated rings. The molecule has 0 spiro atoms. The molecule has 19 heavy (non-hydrogen) atoms. The highest BCUT2D eigenvalue weighted by Gasteiger charge is 2.22. The number of hydrogen-bond acceptors (Lipinski definition) is 3. The van der Waals surface area contributed by atoms with Crippen LogP contribution in [0.2, 0.25) is 5.15 Å². The first kappa shape index (κ1) is 13.1. The monoisotopic (exact) mass is 279 g/mol. The number of aryl methyl sites for hydroxylation is 1. The number of nitrogens with zero attached hydrogens (tertiary/aromatic N) is 2. The number of H-pyrrole nitrogens is 1. The van der Waals surface area contributed by atoms with Gasteiger partial charge < -0.3 is 10.1 Å². The van der Waals surface area contributed by atoms with Crippen LogP contribution in [0.1, 0.15) is 5.69 Å². The molecule has 0 saturated carbocycles. The van der Waals surface area contributed by atoms with Crippen molar-refractivity contribution in [2.24, 2.45) is 0 Å². The van der Waals surface area contributed by atoms with Crippen LogP contribution in [0, 0.1) is 6.92 Å². The van der Waals surface area contributed by atoms with Crippen LogP contribution in [-0.4, -0.2) is 21.2 Å². The van der Waals surface area contributed by atoms with E-state index >= 15 is 0 Å². The smallest absolute Gasteiger partial charge is 0.417 e. The van der Waals surface area contributed by atoms with E-state index in [0.717, 1.165) is 4.90 Å². The van der Waals surface area contributed by atoms with Gasteiger partial charge in [0.1, 0.15) is 0 Å². The van der Waals surface area contributed by atoms with E-state index in [1.807, 2.05) is 0 Å². The maximum atomic E-state index is 11.8. The largest absolute Gasteiger partial charge is 0.464 e. The van der Waals surface area contributed by atoms with E-state index < -0.39 is 11.7 Å². The van der Waals surface area contributed by atoms with Gasteiger partial charge in [0.2, 0.25) is 5.82 Å². The van der Waals surface area contributed by atoms with E-state index in [2.05, 4.69) is 9.97 Å². The number of carbonyl (C=O) groups is 1. The van der Waals surface area contributed by atoms with Gasteiger partial charge in [-0.1, -0.05) is 29.8 Å². The molecule has 0 bridgehead atoms.